The molecule has 1 saturated heterocycles. The van der Waals surface area contributed by atoms with Crippen LogP contribution in [0.3, 0.4) is 0 Å². The minimum atomic E-state index is -0.291. The first-order valence-electron chi connectivity index (χ1n) is 9.82. The molecule has 1 aliphatic heterocycles. The number of para-hydroxylation sites is 1. The molecular formula is C21H26FN5O. The monoisotopic (exact) mass is 383 g/mol. The molecule has 3 heterocycles. The number of nitrogens with zero attached hydrogens (tertiary/aromatic N) is 5. The molecule has 0 unspecified atom stereocenters. The Hall–Kier alpha value is -2.54. The van der Waals surface area contributed by atoms with Crippen molar-refractivity contribution < 1.29 is 9.13 Å². The predicted octanol–water partition coefficient (Wildman–Crippen LogP) is 3.44. The molecule has 4 rings (SSSR count). The lowest BCUT2D eigenvalue weighted by atomic mass is 10.00. The van der Waals surface area contributed by atoms with Crippen LogP contribution in [0.15, 0.2) is 24.3 Å². The quantitative estimate of drug-likeness (QED) is 0.677. The fourth-order valence-electron chi connectivity index (χ4n) is 3.89. The molecule has 0 saturated carbocycles. The Labute approximate surface area is 164 Å². The summed E-state index contributed by atoms with van der Waals surface area (Å²) in [5.41, 5.74) is 3.85. The summed E-state index contributed by atoms with van der Waals surface area (Å²) in [7, 11) is 1.96. The Kier molecular flexibility index (Phi) is 5.26. The van der Waals surface area contributed by atoms with E-state index in [1.165, 1.54) is 11.6 Å². The Bertz CT molecular complexity index is 971. The fraction of sp³-hybridized carbons (Fsp3) is 0.476. The van der Waals surface area contributed by atoms with Crippen LogP contribution in [-0.2, 0) is 24.6 Å². The maximum atomic E-state index is 14.5. The second-order valence-electron chi connectivity index (χ2n) is 7.41. The van der Waals surface area contributed by atoms with Crippen molar-refractivity contribution in [1.29, 1.82) is 0 Å². The van der Waals surface area contributed by atoms with E-state index in [0.29, 0.717) is 12.1 Å². The standard InChI is InChI=1S/C21H26FN5O/c1-14-17(15(2)26(3)24-14)8-9-20-23-21(16-10-12-28-13-11-16)25-27(20)19-7-5-4-6-18(19)22/h4-7,16H,8-13H2,1-3H3. The average Bonchev–Trinajstić information content (AvgIpc) is 3.22. The van der Waals surface area contributed by atoms with E-state index in [1.54, 1.807) is 16.8 Å². The molecule has 28 heavy (non-hydrogen) atoms. The molecule has 0 spiro atoms. The van der Waals surface area contributed by atoms with E-state index in [9.17, 15) is 4.39 Å². The molecule has 7 heteroatoms. The van der Waals surface area contributed by atoms with Crippen molar-refractivity contribution in [1.82, 2.24) is 24.5 Å². The highest BCUT2D eigenvalue weighted by molar-refractivity contribution is 5.34. The number of aromatic nitrogens is 5. The van der Waals surface area contributed by atoms with Gasteiger partial charge in [-0.25, -0.2) is 14.1 Å². The van der Waals surface area contributed by atoms with Crippen LogP contribution in [0.2, 0.25) is 0 Å². The van der Waals surface area contributed by atoms with E-state index in [1.807, 2.05) is 24.7 Å². The number of halogens is 1. The summed E-state index contributed by atoms with van der Waals surface area (Å²) in [6, 6.07) is 6.73. The number of rotatable bonds is 5. The number of ether oxygens (including phenoxy) is 1. The van der Waals surface area contributed by atoms with Crippen molar-refractivity contribution in [3.8, 4) is 5.69 Å². The zero-order valence-electron chi connectivity index (χ0n) is 16.7. The molecule has 0 radical (unpaired) electrons. The summed E-state index contributed by atoms with van der Waals surface area (Å²) < 4.78 is 23.5. The molecule has 3 aromatic rings. The first-order valence-corrected chi connectivity index (χ1v) is 9.82. The van der Waals surface area contributed by atoms with E-state index >= 15 is 0 Å². The number of hydrogen-bond donors (Lipinski definition) is 0. The molecule has 1 fully saturated rings. The third-order valence-electron chi connectivity index (χ3n) is 5.62. The second-order valence-corrected chi connectivity index (χ2v) is 7.41. The highest BCUT2D eigenvalue weighted by Gasteiger charge is 2.23. The van der Waals surface area contributed by atoms with Crippen molar-refractivity contribution in [2.45, 2.75) is 45.4 Å². The van der Waals surface area contributed by atoms with Gasteiger partial charge in [-0.15, -0.1) is 0 Å². The van der Waals surface area contributed by atoms with E-state index in [4.69, 9.17) is 14.8 Å². The molecule has 1 aromatic carbocycles. The van der Waals surface area contributed by atoms with Gasteiger partial charge in [0.25, 0.3) is 0 Å². The Morgan fingerprint density at radius 3 is 2.54 bits per heavy atom. The minimum absolute atomic E-state index is 0.266. The zero-order chi connectivity index (χ0) is 19.7. The average molecular weight is 383 g/mol. The van der Waals surface area contributed by atoms with Crippen LogP contribution >= 0.6 is 0 Å². The molecule has 2 aromatic heterocycles. The summed E-state index contributed by atoms with van der Waals surface area (Å²) in [4.78, 5) is 4.83. The second kappa shape index (κ2) is 7.83. The van der Waals surface area contributed by atoms with Crippen LogP contribution in [0, 0.1) is 19.7 Å². The maximum Gasteiger partial charge on any atom is 0.154 e. The summed E-state index contributed by atoms with van der Waals surface area (Å²) in [6.45, 7) is 5.55. The van der Waals surface area contributed by atoms with E-state index in [-0.39, 0.29) is 11.7 Å². The normalized spacial score (nSPS) is 15.3. The Morgan fingerprint density at radius 1 is 1.11 bits per heavy atom. The summed E-state index contributed by atoms with van der Waals surface area (Å²) in [5.74, 6) is 1.55. The summed E-state index contributed by atoms with van der Waals surface area (Å²) in [5, 5.41) is 9.21. The smallest absolute Gasteiger partial charge is 0.154 e. The van der Waals surface area contributed by atoms with Gasteiger partial charge in [0.05, 0.1) is 5.69 Å². The van der Waals surface area contributed by atoms with Crippen LogP contribution in [0.1, 0.15) is 47.4 Å². The summed E-state index contributed by atoms with van der Waals surface area (Å²) >= 11 is 0. The highest BCUT2D eigenvalue weighted by atomic mass is 19.1. The zero-order valence-corrected chi connectivity index (χ0v) is 16.7. The summed E-state index contributed by atoms with van der Waals surface area (Å²) in [6.07, 6.45) is 3.28. The molecule has 0 bridgehead atoms. The van der Waals surface area contributed by atoms with Gasteiger partial charge in [-0.1, -0.05) is 12.1 Å². The van der Waals surface area contributed by atoms with Crippen molar-refractivity contribution in [3.63, 3.8) is 0 Å². The van der Waals surface area contributed by atoms with Crippen LogP contribution in [0.4, 0.5) is 4.39 Å². The molecule has 148 valence electrons. The van der Waals surface area contributed by atoms with Crippen LogP contribution in [0.5, 0.6) is 0 Å². The predicted molar refractivity (Wildman–Crippen MR) is 104 cm³/mol. The van der Waals surface area contributed by atoms with Crippen LogP contribution in [-0.4, -0.2) is 37.8 Å². The maximum absolute atomic E-state index is 14.5. The molecular weight excluding hydrogens is 357 g/mol. The van der Waals surface area contributed by atoms with Gasteiger partial charge < -0.3 is 4.74 Å². The lowest BCUT2D eigenvalue weighted by Crippen LogP contribution is -2.15. The lowest BCUT2D eigenvalue weighted by molar-refractivity contribution is 0.0836. The number of hydrogen-bond acceptors (Lipinski definition) is 4. The third-order valence-corrected chi connectivity index (χ3v) is 5.62. The Morgan fingerprint density at radius 2 is 1.86 bits per heavy atom. The van der Waals surface area contributed by atoms with Gasteiger partial charge in [0.2, 0.25) is 0 Å². The van der Waals surface area contributed by atoms with Gasteiger partial charge in [0, 0.05) is 38.3 Å². The van der Waals surface area contributed by atoms with Gasteiger partial charge in [-0.05, 0) is 50.8 Å². The highest BCUT2D eigenvalue weighted by Crippen LogP contribution is 2.26. The molecule has 1 aliphatic rings. The van der Waals surface area contributed by atoms with Crippen LogP contribution < -0.4 is 0 Å². The molecule has 0 N–H and O–H groups in total. The number of benzene rings is 1. The fourth-order valence-corrected chi connectivity index (χ4v) is 3.89. The van der Waals surface area contributed by atoms with Crippen LogP contribution in [0.25, 0.3) is 5.69 Å². The first-order chi connectivity index (χ1) is 13.5. The van der Waals surface area contributed by atoms with Crippen molar-refractivity contribution in [2.75, 3.05) is 13.2 Å². The van der Waals surface area contributed by atoms with Crippen molar-refractivity contribution in [2.24, 2.45) is 7.05 Å². The van der Waals surface area contributed by atoms with Gasteiger partial charge in [0.1, 0.15) is 17.3 Å². The van der Waals surface area contributed by atoms with Gasteiger partial charge >= 0.3 is 0 Å². The lowest BCUT2D eigenvalue weighted by Gasteiger charge is -2.18. The van der Waals surface area contributed by atoms with Crippen molar-refractivity contribution in [3.05, 3.63) is 58.7 Å². The van der Waals surface area contributed by atoms with Gasteiger partial charge in [-0.3, -0.25) is 4.68 Å². The van der Waals surface area contributed by atoms with Gasteiger partial charge in [-0.2, -0.15) is 10.2 Å². The Balaban J connectivity index is 1.68. The molecule has 6 nitrogen and oxygen atoms in total. The van der Waals surface area contributed by atoms with E-state index < -0.39 is 0 Å². The molecule has 0 aliphatic carbocycles. The third kappa shape index (κ3) is 3.58. The molecule has 0 atom stereocenters. The topological polar surface area (TPSA) is 57.8 Å². The van der Waals surface area contributed by atoms with E-state index in [0.717, 1.165) is 55.5 Å². The first kappa shape index (κ1) is 18.8. The molecule has 0 amide bonds. The van der Waals surface area contributed by atoms with Crippen molar-refractivity contribution >= 4 is 0 Å². The van der Waals surface area contributed by atoms with E-state index in [2.05, 4.69) is 12.0 Å². The SMILES string of the molecule is Cc1nn(C)c(C)c1CCc1nc(C2CCOCC2)nn1-c1ccccc1F. The largest absolute Gasteiger partial charge is 0.381 e. The minimum Gasteiger partial charge on any atom is -0.381 e. The number of aryl methyl sites for hydroxylation is 3. The van der Waals surface area contributed by atoms with Gasteiger partial charge in [0.15, 0.2) is 5.82 Å².